The molecule has 2 aromatic rings. The molecule has 6 heteroatoms. The van der Waals surface area contributed by atoms with Gasteiger partial charge in [-0.25, -0.2) is 4.39 Å². The molecule has 1 heterocycles. The van der Waals surface area contributed by atoms with Crippen LogP contribution < -0.4 is 10.6 Å². The van der Waals surface area contributed by atoms with Crippen molar-refractivity contribution in [2.24, 2.45) is 11.8 Å². The van der Waals surface area contributed by atoms with Crippen LogP contribution in [0.15, 0.2) is 54.6 Å². The SMILES string of the molecule is CC(C)[C@H](NC(=O)CN1CCC[C@H](C(=O)Nc2ccccc2)C1)c1ccc(F)cc1. The Kier molecular flexibility index (Phi) is 7.57. The van der Waals surface area contributed by atoms with Crippen molar-refractivity contribution in [3.63, 3.8) is 0 Å². The van der Waals surface area contributed by atoms with E-state index >= 15 is 0 Å². The Hall–Kier alpha value is -2.73. The number of hydrogen-bond donors (Lipinski definition) is 2. The maximum Gasteiger partial charge on any atom is 0.234 e. The Morgan fingerprint density at radius 3 is 2.47 bits per heavy atom. The van der Waals surface area contributed by atoms with Crippen molar-refractivity contribution in [1.82, 2.24) is 10.2 Å². The van der Waals surface area contributed by atoms with Gasteiger partial charge in [0.25, 0.3) is 0 Å². The molecule has 3 rings (SSSR count). The van der Waals surface area contributed by atoms with Crippen LogP contribution in [0.1, 0.15) is 38.3 Å². The van der Waals surface area contributed by atoms with E-state index in [1.54, 1.807) is 12.1 Å². The van der Waals surface area contributed by atoms with Gasteiger partial charge in [0.2, 0.25) is 11.8 Å². The van der Waals surface area contributed by atoms with Crippen LogP contribution in [0.3, 0.4) is 0 Å². The minimum absolute atomic E-state index is 0.00215. The summed E-state index contributed by atoms with van der Waals surface area (Å²) < 4.78 is 13.2. The summed E-state index contributed by atoms with van der Waals surface area (Å²) in [4.78, 5) is 27.4. The number of benzene rings is 2. The zero-order valence-electron chi connectivity index (χ0n) is 17.6. The van der Waals surface area contributed by atoms with E-state index in [2.05, 4.69) is 10.6 Å². The molecule has 1 saturated heterocycles. The second-order valence-corrected chi connectivity index (χ2v) is 8.27. The van der Waals surface area contributed by atoms with Crippen LogP contribution >= 0.6 is 0 Å². The van der Waals surface area contributed by atoms with E-state index in [1.807, 2.05) is 49.1 Å². The van der Waals surface area contributed by atoms with Crippen LogP contribution in [0.5, 0.6) is 0 Å². The van der Waals surface area contributed by atoms with Gasteiger partial charge < -0.3 is 10.6 Å². The Morgan fingerprint density at radius 1 is 1.10 bits per heavy atom. The number of amides is 2. The zero-order valence-corrected chi connectivity index (χ0v) is 17.6. The van der Waals surface area contributed by atoms with Crippen LogP contribution in [-0.2, 0) is 9.59 Å². The summed E-state index contributed by atoms with van der Waals surface area (Å²) in [6.45, 7) is 5.66. The van der Waals surface area contributed by atoms with Gasteiger partial charge in [0.15, 0.2) is 0 Å². The highest BCUT2D eigenvalue weighted by Crippen LogP contribution is 2.23. The van der Waals surface area contributed by atoms with Crippen LogP contribution in [-0.4, -0.2) is 36.3 Å². The molecule has 1 aliphatic rings. The van der Waals surface area contributed by atoms with E-state index in [9.17, 15) is 14.0 Å². The first-order valence-electron chi connectivity index (χ1n) is 10.6. The van der Waals surface area contributed by atoms with Crippen molar-refractivity contribution in [2.75, 3.05) is 25.0 Å². The quantitative estimate of drug-likeness (QED) is 0.724. The molecule has 2 aromatic carbocycles. The van der Waals surface area contributed by atoms with Crippen molar-refractivity contribution in [2.45, 2.75) is 32.7 Å². The number of para-hydroxylation sites is 1. The van der Waals surface area contributed by atoms with Crippen molar-refractivity contribution in [3.05, 3.63) is 66.0 Å². The lowest BCUT2D eigenvalue weighted by atomic mass is 9.95. The largest absolute Gasteiger partial charge is 0.348 e. The topological polar surface area (TPSA) is 61.4 Å². The van der Waals surface area contributed by atoms with Crippen molar-refractivity contribution in [3.8, 4) is 0 Å². The van der Waals surface area contributed by atoms with E-state index in [0.29, 0.717) is 6.54 Å². The van der Waals surface area contributed by atoms with Crippen LogP contribution in [0.25, 0.3) is 0 Å². The highest BCUT2D eigenvalue weighted by atomic mass is 19.1. The van der Waals surface area contributed by atoms with Gasteiger partial charge in [0.05, 0.1) is 18.5 Å². The highest BCUT2D eigenvalue weighted by Gasteiger charge is 2.28. The predicted molar refractivity (Wildman–Crippen MR) is 116 cm³/mol. The third kappa shape index (κ3) is 6.13. The molecule has 0 radical (unpaired) electrons. The third-order valence-electron chi connectivity index (χ3n) is 5.50. The van der Waals surface area contributed by atoms with Gasteiger partial charge in [0, 0.05) is 12.2 Å². The highest BCUT2D eigenvalue weighted by molar-refractivity contribution is 5.92. The standard InChI is InChI=1S/C24H30FN3O2/c1-17(2)23(18-10-12-20(25)13-11-18)27-22(29)16-28-14-6-7-19(15-28)24(30)26-21-8-4-3-5-9-21/h3-5,8-13,17,19,23H,6-7,14-16H2,1-2H3,(H,26,30)(H,27,29)/t19-,23-/m0/s1. The molecule has 2 amide bonds. The maximum atomic E-state index is 13.2. The Bertz CT molecular complexity index is 839. The number of rotatable bonds is 7. The fourth-order valence-electron chi connectivity index (χ4n) is 3.91. The first-order valence-corrected chi connectivity index (χ1v) is 10.6. The summed E-state index contributed by atoms with van der Waals surface area (Å²) in [6.07, 6.45) is 1.70. The van der Waals surface area contributed by atoms with E-state index in [4.69, 9.17) is 0 Å². The van der Waals surface area contributed by atoms with E-state index < -0.39 is 0 Å². The Balaban J connectivity index is 1.55. The lowest BCUT2D eigenvalue weighted by Crippen LogP contribution is -2.46. The monoisotopic (exact) mass is 411 g/mol. The molecule has 160 valence electrons. The van der Waals surface area contributed by atoms with Crippen LogP contribution in [0.4, 0.5) is 10.1 Å². The number of nitrogens with one attached hydrogen (secondary N) is 2. The molecule has 0 saturated carbocycles. The first-order chi connectivity index (χ1) is 14.4. The molecular formula is C24H30FN3O2. The molecule has 1 aliphatic heterocycles. The second kappa shape index (κ2) is 10.3. The second-order valence-electron chi connectivity index (χ2n) is 8.27. The fraction of sp³-hybridized carbons (Fsp3) is 0.417. The molecule has 5 nitrogen and oxygen atoms in total. The summed E-state index contributed by atoms with van der Waals surface area (Å²) in [5.74, 6) is -0.338. The summed E-state index contributed by atoms with van der Waals surface area (Å²) in [5, 5.41) is 6.04. The molecule has 0 bridgehead atoms. The molecule has 30 heavy (non-hydrogen) atoms. The summed E-state index contributed by atoms with van der Waals surface area (Å²) >= 11 is 0. The van der Waals surface area contributed by atoms with Gasteiger partial charge in [-0.05, 0) is 55.1 Å². The van der Waals surface area contributed by atoms with Gasteiger partial charge in [-0.1, -0.05) is 44.2 Å². The molecular weight excluding hydrogens is 381 g/mol. The number of piperidine rings is 1. The summed E-state index contributed by atoms with van der Waals surface area (Å²) in [7, 11) is 0. The smallest absolute Gasteiger partial charge is 0.234 e. The van der Waals surface area contributed by atoms with Gasteiger partial charge >= 0.3 is 0 Å². The molecule has 0 aliphatic carbocycles. The van der Waals surface area contributed by atoms with E-state index in [-0.39, 0.29) is 42.1 Å². The number of anilines is 1. The molecule has 0 aromatic heterocycles. The number of carbonyl (C=O) groups is 2. The lowest BCUT2D eigenvalue weighted by Gasteiger charge is -2.32. The Labute approximate surface area is 177 Å². The molecule has 0 unspecified atom stereocenters. The van der Waals surface area contributed by atoms with Gasteiger partial charge in [-0.3, -0.25) is 14.5 Å². The predicted octanol–water partition coefficient (Wildman–Crippen LogP) is 3.99. The van der Waals surface area contributed by atoms with Gasteiger partial charge in [-0.2, -0.15) is 0 Å². The van der Waals surface area contributed by atoms with Gasteiger partial charge in [-0.15, -0.1) is 0 Å². The number of carbonyl (C=O) groups excluding carboxylic acids is 2. The van der Waals surface area contributed by atoms with Crippen LogP contribution in [0, 0.1) is 17.7 Å². The minimum atomic E-state index is -0.291. The summed E-state index contributed by atoms with van der Waals surface area (Å²) in [6, 6.07) is 15.5. The minimum Gasteiger partial charge on any atom is -0.348 e. The maximum absolute atomic E-state index is 13.2. The normalized spacial score (nSPS) is 18.1. The Morgan fingerprint density at radius 2 is 1.80 bits per heavy atom. The number of halogens is 1. The van der Waals surface area contributed by atoms with Gasteiger partial charge in [0.1, 0.15) is 5.82 Å². The molecule has 0 spiro atoms. The van der Waals surface area contributed by atoms with E-state index in [1.165, 1.54) is 12.1 Å². The van der Waals surface area contributed by atoms with Crippen molar-refractivity contribution in [1.29, 1.82) is 0 Å². The summed E-state index contributed by atoms with van der Waals surface area (Å²) in [5.41, 5.74) is 1.68. The van der Waals surface area contributed by atoms with E-state index in [0.717, 1.165) is 30.6 Å². The van der Waals surface area contributed by atoms with Crippen molar-refractivity contribution < 1.29 is 14.0 Å². The average molecular weight is 412 g/mol. The van der Waals surface area contributed by atoms with Crippen molar-refractivity contribution >= 4 is 17.5 Å². The molecule has 2 atom stereocenters. The molecule has 2 N–H and O–H groups in total. The van der Waals surface area contributed by atoms with Crippen LogP contribution in [0.2, 0.25) is 0 Å². The lowest BCUT2D eigenvalue weighted by molar-refractivity contribution is -0.126. The number of likely N-dealkylation sites (tertiary alicyclic amines) is 1. The number of nitrogens with zero attached hydrogens (tertiary/aromatic N) is 1. The average Bonchev–Trinajstić information content (AvgIpc) is 2.73. The fourth-order valence-corrected chi connectivity index (χ4v) is 3.91. The third-order valence-corrected chi connectivity index (χ3v) is 5.50. The first kappa shape index (κ1) is 22.0. The number of hydrogen-bond acceptors (Lipinski definition) is 3. The zero-order chi connectivity index (χ0) is 21.5. The molecule has 1 fully saturated rings.